The number of aromatic nitrogens is 2. The molecule has 0 saturated heterocycles. The molecule has 2 heterocycles. The minimum absolute atomic E-state index is 0.270. The topological polar surface area (TPSA) is 81.2 Å². The summed E-state index contributed by atoms with van der Waals surface area (Å²) >= 11 is 0. The molecule has 0 aliphatic carbocycles. The monoisotopic (exact) mass is 270 g/mol. The van der Waals surface area contributed by atoms with Gasteiger partial charge >= 0.3 is 0 Å². The number of benzene rings is 1. The number of carbonyl (C=O) groups excluding carboxylic acids is 2. The Morgan fingerprint density at radius 1 is 1.15 bits per heavy atom. The molecule has 1 aromatic carbocycles. The lowest BCUT2D eigenvalue weighted by Crippen LogP contribution is -2.33. The van der Waals surface area contributed by atoms with Crippen molar-refractivity contribution in [2.75, 3.05) is 12.3 Å². The average molecular weight is 270 g/mol. The number of hydrogen-bond acceptors (Lipinski definition) is 4. The van der Waals surface area contributed by atoms with Crippen molar-refractivity contribution in [2.45, 2.75) is 13.5 Å². The van der Waals surface area contributed by atoms with Crippen molar-refractivity contribution in [3.05, 3.63) is 47.3 Å². The molecule has 0 spiro atoms. The van der Waals surface area contributed by atoms with Crippen molar-refractivity contribution >= 4 is 17.5 Å². The number of aryl methyl sites for hydroxylation is 1. The number of anilines is 1. The van der Waals surface area contributed by atoms with Crippen molar-refractivity contribution in [1.82, 2.24) is 14.7 Å². The van der Waals surface area contributed by atoms with Gasteiger partial charge in [-0.15, -0.1) is 0 Å². The molecule has 2 amide bonds. The molecule has 2 N–H and O–H groups in total. The third-order valence-corrected chi connectivity index (χ3v) is 3.31. The van der Waals surface area contributed by atoms with Gasteiger partial charge in [-0.05, 0) is 30.7 Å². The van der Waals surface area contributed by atoms with Crippen LogP contribution in [0.3, 0.4) is 0 Å². The van der Waals surface area contributed by atoms with E-state index >= 15 is 0 Å². The molecule has 1 aliphatic heterocycles. The molecule has 0 saturated carbocycles. The molecule has 2 aromatic rings. The Labute approximate surface area is 115 Å². The molecular formula is C14H14N4O2. The first-order chi connectivity index (χ1) is 9.56. The van der Waals surface area contributed by atoms with Crippen molar-refractivity contribution in [3.8, 4) is 0 Å². The predicted octanol–water partition coefficient (Wildman–Crippen LogP) is 1.07. The molecule has 0 radical (unpaired) electrons. The lowest BCUT2D eigenvalue weighted by Gasteiger charge is -2.13. The lowest BCUT2D eigenvalue weighted by molar-refractivity contribution is 0.0647. The highest BCUT2D eigenvalue weighted by atomic mass is 16.2. The molecule has 3 rings (SSSR count). The Morgan fingerprint density at radius 2 is 1.90 bits per heavy atom. The Hall–Kier alpha value is -2.63. The van der Waals surface area contributed by atoms with E-state index in [9.17, 15) is 9.59 Å². The third-order valence-electron chi connectivity index (χ3n) is 3.31. The summed E-state index contributed by atoms with van der Waals surface area (Å²) < 4.78 is 1.72. The molecule has 0 unspecified atom stereocenters. The van der Waals surface area contributed by atoms with Crippen LogP contribution in [-0.4, -0.2) is 33.0 Å². The van der Waals surface area contributed by atoms with Gasteiger partial charge < -0.3 is 5.73 Å². The second kappa shape index (κ2) is 4.48. The normalized spacial score (nSPS) is 13.9. The molecular weight excluding hydrogens is 256 g/mol. The van der Waals surface area contributed by atoms with E-state index in [1.54, 1.807) is 29.1 Å². The summed E-state index contributed by atoms with van der Waals surface area (Å²) in [5, 5.41) is 4.14. The fraction of sp³-hybridized carbons (Fsp3) is 0.214. The number of nitrogen functional groups attached to an aromatic ring is 1. The fourth-order valence-electron chi connectivity index (χ4n) is 2.30. The van der Waals surface area contributed by atoms with Gasteiger partial charge in [-0.2, -0.15) is 5.10 Å². The van der Waals surface area contributed by atoms with Crippen LogP contribution in [0.15, 0.2) is 30.6 Å². The first kappa shape index (κ1) is 12.4. The highest BCUT2D eigenvalue weighted by molar-refractivity contribution is 6.21. The third kappa shape index (κ3) is 1.95. The molecule has 20 heavy (non-hydrogen) atoms. The molecule has 102 valence electrons. The summed E-state index contributed by atoms with van der Waals surface area (Å²) in [5.41, 5.74) is 7.98. The van der Waals surface area contributed by atoms with Gasteiger partial charge in [-0.25, -0.2) is 0 Å². The summed E-state index contributed by atoms with van der Waals surface area (Å²) in [7, 11) is 0. The van der Waals surface area contributed by atoms with Crippen LogP contribution in [0.1, 0.15) is 26.3 Å². The molecule has 6 nitrogen and oxygen atoms in total. The second-order valence-electron chi connectivity index (χ2n) is 4.85. The maximum atomic E-state index is 12.2. The summed E-state index contributed by atoms with van der Waals surface area (Å²) in [6.07, 6.45) is 3.61. The molecule has 1 aliphatic rings. The molecule has 6 heteroatoms. The van der Waals surface area contributed by atoms with Gasteiger partial charge in [0, 0.05) is 18.4 Å². The van der Waals surface area contributed by atoms with Crippen LogP contribution >= 0.6 is 0 Å². The van der Waals surface area contributed by atoms with Crippen molar-refractivity contribution in [1.29, 1.82) is 0 Å². The highest BCUT2D eigenvalue weighted by Gasteiger charge is 2.35. The Bertz CT molecular complexity index is 705. The maximum Gasteiger partial charge on any atom is 0.261 e. The first-order valence-corrected chi connectivity index (χ1v) is 6.31. The summed E-state index contributed by atoms with van der Waals surface area (Å²) in [4.78, 5) is 25.6. The van der Waals surface area contributed by atoms with Gasteiger partial charge in [0.25, 0.3) is 11.8 Å². The van der Waals surface area contributed by atoms with Gasteiger partial charge in [0.2, 0.25) is 0 Å². The van der Waals surface area contributed by atoms with Gasteiger partial charge in [0.1, 0.15) is 0 Å². The number of hydrogen-bond donors (Lipinski definition) is 1. The van der Waals surface area contributed by atoms with Crippen LogP contribution in [0.2, 0.25) is 0 Å². The predicted molar refractivity (Wildman–Crippen MR) is 73.2 cm³/mol. The van der Waals surface area contributed by atoms with Crippen molar-refractivity contribution in [2.24, 2.45) is 0 Å². The van der Waals surface area contributed by atoms with Crippen LogP contribution in [0.4, 0.5) is 5.69 Å². The molecule has 1 aromatic heterocycles. The zero-order valence-electron chi connectivity index (χ0n) is 11.0. The summed E-state index contributed by atoms with van der Waals surface area (Å²) in [5.74, 6) is -0.560. The quantitative estimate of drug-likeness (QED) is 0.668. The number of nitrogens with zero attached hydrogens (tertiary/aromatic N) is 3. The molecule has 0 fully saturated rings. The zero-order valence-corrected chi connectivity index (χ0v) is 11.0. The Balaban J connectivity index is 1.79. The van der Waals surface area contributed by atoms with Crippen LogP contribution in [0.5, 0.6) is 0 Å². The summed E-state index contributed by atoms with van der Waals surface area (Å²) in [6.45, 7) is 2.72. The van der Waals surface area contributed by atoms with Crippen LogP contribution in [0.25, 0.3) is 0 Å². The lowest BCUT2D eigenvalue weighted by atomic mass is 10.1. The van der Waals surface area contributed by atoms with Crippen molar-refractivity contribution < 1.29 is 9.59 Å². The second-order valence-corrected chi connectivity index (χ2v) is 4.85. The Kier molecular flexibility index (Phi) is 2.78. The first-order valence-electron chi connectivity index (χ1n) is 6.31. The average Bonchev–Trinajstić information content (AvgIpc) is 2.92. The van der Waals surface area contributed by atoms with E-state index in [1.807, 2.05) is 13.1 Å². The van der Waals surface area contributed by atoms with Gasteiger partial charge in [-0.3, -0.25) is 19.2 Å². The number of amides is 2. The molecule has 0 bridgehead atoms. The number of imide groups is 1. The van der Waals surface area contributed by atoms with E-state index in [-0.39, 0.29) is 11.8 Å². The standard InChI is InChI=1S/C14H14N4O2/c1-9-7-16-17(8-9)4-5-18-13(19)11-3-2-10(15)6-12(11)14(18)20/h2-3,6-8H,4-5,15H2,1H3. The number of fused-ring (bicyclic) bond motifs is 1. The minimum atomic E-state index is -0.291. The largest absolute Gasteiger partial charge is 0.399 e. The highest BCUT2D eigenvalue weighted by Crippen LogP contribution is 2.24. The number of carbonyl (C=O) groups is 2. The number of nitrogens with two attached hydrogens (primary N) is 1. The van der Waals surface area contributed by atoms with Gasteiger partial charge in [0.15, 0.2) is 0 Å². The zero-order chi connectivity index (χ0) is 14.3. The Morgan fingerprint density at radius 3 is 2.60 bits per heavy atom. The van der Waals surface area contributed by atoms with Gasteiger partial charge in [0.05, 0.1) is 23.9 Å². The van der Waals surface area contributed by atoms with Gasteiger partial charge in [-0.1, -0.05) is 0 Å². The van der Waals surface area contributed by atoms with Crippen LogP contribution in [0, 0.1) is 6.92 Å². The van der Waals surface area contributed by atoms with E-state index in [4.69, 9.17) is 5.73 Å². The van der Waals surface area contributed by atoms with Crippen LogP contribution in [-0.2, 0) is 6.54 Å². The van der Waals surface area contributed by atoms with E-state index in [2.05, 4.69) is 5.10 Å². The van der Waals surface area contributed by atoms with E-state index < -0.39 is 0 Å². The maximum absolute atomic E-state index is 12.2. The van der Waals surface area contributed by atoms with Crippen LogP contribution < -0.4 is 5.73 Å². The smallest absolute Gasteiger partial charge is 0.261 e. The SMILES string of the molecule is Cc1cnn(CCN2C(=O)c3ccc(N)cc3C2=O)c1. The van der Waals surface area contributed by atoms with Crippen molar-refractivity contribution in [3.63, 3.8) is 0 Å². The van der Waals surface area contributed by atoms with E-state index in [0.717, 1.165) is 5.56 Å². The molecule has 0 atom stereocenters. The summed E-state index contributed by atoms with van der Waals surface area (Å²) in [6, 6.07) is 4.78. The minimum Gasteiger partial charge on any atom is -0.399 e. The number of rotatable bonds is 3. The van der Waals surface area contributed by atoms with E-state index in [0.29, 0.717) is 29.9 Å². The van der Waals surface area contributed by atoms with E-state index in [1.165, 1.54) is 4.90 Å². The fourth-order valence-corrected chi connectivity index (χ4v) is 2.30.